The molecule has 0 radical (unpaired) electrons. The Morgan fingerprint density at radius 1 is 1.62 bits per heavy atom. The molecule has 84 valence electrons. The van der Waals surface area contributed by atoms with Crippen LogP contribution in [-0.4, -0.2) is 18.1 Å². The van der Waals surface area contributed by atoms with E-state index in [0.717, 1.165) is 24.8 Å². The third-order valence-electron chi connectivity index (χ3n) is 3.18. The summed E-state index contributed by atoms with van der Waals surface area (Å²) in [5.41, 5.74) is 0.698. The number of nitrogens with zero attached hydrogens (tertiary/aromatic N) is 3. The zero-order valence-electron chi connectivity index (χ0n) is 9.69. The molecule has 1 fully saturated rings. The molecule has 1 aromatic heterocycles. The van der Waals surface area contributed by atoms with Crippen molar-refractivity contribution >= 4 is 5.82 Å². The number of hydrogen-bond donors (Lipinski definition) is 0. The summed E-state index contributed by atoms with van der Waals surface area (Å²) >= 11 is 0. The third-order valence-corrected chi connectivity index (χ3v) is 3.18. The van der Waals surface area contributed by atoms with Gasteiger partial charge in [0.15, 0.2) is 0 Å². The van der Waals surface area contributed by atoms with Crippen molar-refractivity contribution < 1.29 is 0 Å². The van der Waals surface area contributed by atoms with E-state index in [0.29, 0.717) is 5.56 Å². The molecule has 1 aliphatic heterocycles. The lowest BCUT2D eigenvalue weighted by atomic mass is 10.0. The van der Waals surface area contributed by atoms with E-state index in [4.69, 9.17) is 5.26 Å². The summed E-state index contributed by atoms with van der Waals surface area (Å²) in [6.45, 7) is 4.40. The predicted molar refractivity (Wildman–Crippen MR) is 64.2 cm³/mol. The second-order valence-corrected chi connectivity index (χ2v) is 4.40. The Kier molecular flexibility index (Phi) is 3.40. The fourth-order valence-electron chi connectivity index (χ4n) is 2.35. The van der Waals surface area contributed by atoms with E-state index < -0.39 is 0 Å². The largest absolute Gasteiger partial charge is 0.356 e. The molecule has 2 rings (SSSR count). The molecule has 16 heavy (non-hydrogen) atoms. The van der Waals surface area contributed by atoms with Crippen LogP contribution >= 0.6 is 0 Å². The van der Waals surface area contributed by atoms with Crippen molar-refractivity contribution in [3.05, 3.63) is 23.9 Å². The van der Waals surface area contributed by atoms with Gasteiger partial charge < -0.3 is 4.90 Å². The molecule has 3 nitrogen and oxygen atoms in total. The van der Waals surface area contributed by atoms with Gasteiger partial charge in [0.05, 0.1) is 11.6 Å². The molecular weight excluding hydrogens is 198 g/mol. The first-order valence-electron chi connectivity index (χ1n) is 5.94. The lowest BCUT2D eigenvalue weighted by Crippen LogP contribution is -2.20. The zero-order valence-corrected chi connectivity index (χ0v) is 9.69. The molecule has 0 amide bonds. The molecule has 0 aliphatic carbocycles. The van der Waals surface area contributed by atoms with Crippen LogP contribution in [0.25, 0.3) is 0 Å². The summed E-state index contributed by atoms with van der Waals surface area (Å²) < 4.78 is 0. The predicted octanol–water partition coefficient (Wildman–Crippen LogP) is 2.58. The van der Waals surface area contributed by atoms with Crippen LogP contribution in [0.3, 0.4) is 0 Å². The van der Waals surface area contributed by atoms with Gasteiger partial charge in [-0.2, -0.15) is 5.26 Å². The van der Waals surface area contributed by atoms with Gasteiger partial charge in [-0.15, -0.1) is 0 Å². The van der Waals surface area contributed by atoms with Gasteiger partial charge in [0.2, 0.25) is 0 Å². The van der Waals surface area contributed by atoms with Gasteiger partial charge in [-0.1, -0.05) is 13.3 Å². The van der Waals surface area contributed by atoms with Crippen LogP contribution < -0.4 is 4.90 Å². The maximum absolute atomic E-state index is 8.84. The van der Waals surface area contributed by atoms with Crippen molar-refractivity contribution in [3.8, 4) is 6.07 Å². The number of rotatable bonds is 3. The Labute approximate surface area is 96.7 Å². The molecule has 0 aromatic carbocycles. The van der Waals surface area contributed by atoms with Gasteiger partial charge in [-0.25, -0.2) is 4.98 Å². The molecule has 0 spiro atoms. The highest BCUT2D eigenvalue weighted by Gasteiger charge is 2.22. The highest BCUT2D eigenvalue weighted by molar-refractivity contribution is 5.45. The standard InChI is InChI=1S/C13H17N3/c1-2-3-11-5-7-16(10-11)13-8-12(9-14)4-6-15-13/h4,6,8,11H,2-3,5,7,10H2,1H3. The second kappa shape index (κ2) is 4.98. The molecular formula is C13H17N3. The Balaban J connectivity index is 2.06. The number of pyridine rings is 1. The van der Waals surface area contributed by atoms with E-state index in [-0.39, 0.29) is 0 Å². The second-order valence-electron chi connectivity index (χ2n) is 4.40. The van der Waals surface area contributed by atoms with Crippen LogP contribution in [0.5, 0.6) is 0 Å². The number of hydrogen-bond acceptors (Lipinski definition) is 3. The van der Waals surface area contributed by atoms with Gasteiger partial charge >= 0.3 is 0 Å². The minimum Gasteiger partial charge on any atom is -0.356 e. The average Bonchev–Trinajstić information content (AvgIpc) is 2.78. The van der Waals surface area contributed by atoms with Crippen molar-refractivity contribution in [2.45, 2.75) is 26.2 Å². The van der Waals surface area contributed by atoms with Crippen molar-refractivity contribution in [2.24, 2.45) is 5.92 Å². The fraction of sp³-hybridized carbons (Fsp3) is 0.538. The SMILES string of the molecule is CCCC1CCN(c2cc(C#N)ccn2)C1. The first-order chi connectivity index (χ1) is 7.83. The molecule has 0 N–H and O–H groups in total. The van der Waals surface area contributed by atoms with Crippen molar-refractivity contribution in [3.63, 3.8) is 0 Å². The van der Waals surface area contributed by atoms with Crippen molar-refractivity contribution in [1.82, 2.24) is 4.98 Å². The van der Waals surface area contributed by atoms with Crippen LogP contribution in [-0.2, 0) is 0 Å². The summed E-state index contributed by atoms with van der Waals surface area (Å²) in [6.07, 6.45) is 5.53. The average molecular weight is 215 g/mol. The molecule has 1 saturated heterocycles. The van der Waals surface area contributed by atoms with E-state index in [1.165, 1.54) is 19.3 Å². The third kappa shape index (κ3) is 2.33. The lowest BCUT2D eigenvalue weighted by Gasteiger charge is -2.17. The Bertz CT molecular complexity index is 394. The molecule has 0 saturated carbocycles. The maximum Gasteiger partial charge on any atom is 0.129 e. The molecule has 1 aromatic rings. The molecule has 3 heteroatoms. The summed E-state index contributed by atoms with van der Waals surface area (Å²) in [5, 5.41) is 8.84. The van der Waals surface area contributed by atoms with Crippen LogP contribution in [0.2, 0.25) is 0 Å². The normalized spacial score (nSPS) is 19.8. The van der Waals surface area contributed by atoms with Crippen LogP contribution in [0, 0.1) is 17.2 Å². The molecule has 1 unspecified atom stereocenters. The molecule has 2 heterocycles. The Morgan fingerprint density at radius 2 is 2.50 bits per heavy atom. The van der Waals surface area contributed by atoms with E-state index in [1.807, 2.05) is 6.07 Å². The van der Waals surface area contributed by atoms with Gasteiger partial charge in [0.25, 0.3) is 0 Å². The van der Waals surface area contributed by atoms with Crippen molar-refractivity contribution in [1.29, 1.82) is 5.26 Å². The monoisotopic (exact) mass is 215 g/mol. The quantitative estimate of drug-likeness (QED) is 0.778. The summed E-state index contributed by atoms with van der Waals surface area (Å²) in [7, 11) is 0. The maximum atomic E-state index is 8.84. The summed E-state index contributed by atoms with van der Waals surface area (Å²) in [6, 6.07) is 5.80. The van der Waals surface area contributed by atoms with E-state index >= 15 is 0 Å². The lowest BCUT2D eigenvalue weighted by molar-refractivity contribution is 0.529. The first kappa shape index (κ1) is 10.9. The van der Waals surface area contributed by atoms with Crippen LogP contribution in [0.4, 0.5) is 5.82 Å². The van der Waals surface area contributed by atoms with Crippen LogP contribution in [0.15, 0.2) is 18.3 Å². The summed E-state index contributed by atoms with van der Waals surface area (Å²) in [5.74, 6) is 1.76. The number of anilines is 1. The fourth-order valence-corrected chi connectivity index (χ4v) is 2.35. The van der Waals surface area contributed by atoms with Gasteiger partial charge in [0, 0.05) is 19.3 Å². The molecule has 1 atom stereocenters. The number of nitriles is 1. The first-order valence-corrected chi connectivity index (χ1v) is 5.94. The van der Waals surface area contributed by atoms with Gasteiger partial charge in [-0.3, -0.25) is 0 Å². The smallest absolute Gasteiger partial charge is 0.129 e. The molecule has 1 aliphatic rings. The van der Waals surface area contributed by atoms with E-state index in [1.54, 1.807) is 12.3 Å². The van der Waals surface area contributed by atoms with Gasteiger partial charge in [-0.05, 0) is 30.9 Å². The highest BCUT2D eigenvalue weighted by Crippen LogP contribution is 2.25. The van der Waals surface area contributed by atoms with Crippen LogP contribution in [0.1, 0.15) is 31.7 Å². The Hall–Kier alpha value is -1.56. The minimum absolute atomic E-state index is 0.698. The van der Waals surface area contributed by atoms with E-state index in [2.05, 4.69) is 22.9 Å². The highest BCUT2D eigenvalue weighted by atomic mass is 15.2. The molecule has 0 bridgehead atoms. The summed E-state index contributed by atoms with van der Waals surface area (Å²) in [4.78, 5) is 6.63. The van der Waals surface area contributed by atoms with E-state index in [9.17, 15) is 0 Å². The minimum atomic E-state index is 0.698. The van der Waals surface area contributed by atoms with Gasteiger partial charge in [0.1, 0.15) is 5.82 Å². The van der Waals surface area contributed by atoms with Crippen molar-refractivity contribution in [2.75, 3.05) is 18.0 Å². The number of aromatic nitrogens is 1. The Morgan fingerprint density at radius 3 is 3.25 bits per heavy atom. The topological polar surface area (TPSA) is 39.9 Å². The zero-order chi connectivity index (χ0) is 11.4.